The van der Waals surface area contributed by atoms with E-state index in [4.69, 9.17) is 4.74 Å². The number of carboxylic acids is 1. The third-order valence-electron chi connectivity index (χ3n) is 4.00. The lowest BCUT2D eigenvalue weighted by Gasteiger charge is -2.27. The minimum Gasteiger partial charge on any atom is -0.494 e. The zero-order chi connectivity index (χ0) is 15.6. The van der Waals surface area contributed by atoms with Crippen molar-refractivity contribution in [2.75, 3.05) is 6.61 Å². The summed E-state index contributed by atoms with van der Waals surface area (Å²) in [7, 11) is 0. The van der Waals surface area contributed by atoms with E-state index in [2.05, 4.69) is 4.98 Å². The molecule has 2 rings (SSSR count). The fourth-order valence-corrected chi connectivity index (χ4v) is 3.29. The lowest BCUT2D eigenvalue weighted by atomic mass is 9.76. The highest BCUT2D eigenvalue weighted by atomic mass is 32.1. The number of aliphatic carboxylic acids is 1. The summed E-state index contributed by atoms with van der Waals surface area (Å²) in [5.41, 5.74) is 0.103. The summed E-state index contributed by atoms with van der Waals surface area (Å²) in [5.74, 6) is 0.0952. The van der Waals surface area contributed by atoms with Crippen LogP contribution in [0.3, 0.4) is 0 Å². The first-order valence-electron chi connectivity index (χ1n) is 7.12. The Kier molecular flexibility index (Phi) is 4.52. The van der Waals surface area contributed by atoms with E-state index in [1.165, 1.54) is 0 Å². The second-order valence-electron chi connectivity index (χ2n) is 5.72. The van der Waals surface area contributed by atoms with Gasteiger partial charge in [-0.25, -0.2) is 4.98 Å². The quantitative estimate of drug-likeness (QED) is 0.876. The molecular weight excluding hydrogens is 286 g/mol. The molecule has 1 N–H and O–H groups in total. The van der Waals surface area contributed by atoms with Gasteiger partial charge in [0.05, 0.1) is 27.2 Å². The fourth-order valence-electron chi connectivity index (χ4n) is 2.13. The third-order valence-corrected chi connectivity index (χ3v) is 5.01. The van der Waals surface area contributed by atoms with E-state index >= 15 is 0 Å². The molecule has 5 heteroatoms. The Labute approximate surface area is 128 Å². The number of hydrogen-bond acceptors (Lipinski definition) is 4. The molecule has 1 aromatic heterocycles. The molecule has 0 amide bonds. The summed E-state index contributed by atoms with van der Waals surface area (Å²) >= 11 is 1.54. The number of carboxylic acid groups (broad SMARTS) is 1. The van der Waals surface area contributed by atoms with E-state index in [0.29, 0.717) is 13.0 Å². The molecule has 0 fully saturated rings. The average molecular weight is 307 g/mol. The highest BCUT2D eigenvalue weighted by Gasteiger charge is 2.37. The molecule has 0 aliphatic heterocycles. The molecule has 0 radical (unpaired) electrons. The van der Waals surface area contributed by atoms with Crippen molar-refractivity contribution in [2.45, 2.75) is 34.1 Å². The Hall–Kier alpha value is -1.62. The highest BCUT2D eigenvalue weighted by Crippen LogP contribution is 2.35. The molecule has 21 heavy (non-hydrogen) atoms. The maximum Gasteiger partial charge on any atom is 0.310 e. The van der Waals surface area contributed by atoms with Crippen molar-refractivity contribution < 1.29 is 14.6 Å². The normalized spacial score (nSPS) is 14.3. The van der Waals surface area contributed by atoms with Crippen LogP contribution in [0.25, 0.3) is 10.2 Å². The summed E-state index contributed by atoms with van der Waals surface area (Å²) < 4.78 is 6.52. The first kappa shape index (κ1) is 15.8. The van der Waals surface area contributed by atoms with Crippen molar-refractivity contribution in [3.63, 3.8) is 0 Å². The molecule has 114 valence electrons. The maximum atomic E-state index is 11.6. The monoisotopic (exact) mass is 307 g/mol. The van der Waals surface area contributed by atoms with E-state index in [0.717, 1.165) is 21.0 Å². The van der Waals surface area contributed by atoms with Gasteiger partial charge < -0.3 is 9.84 Å². The number of aromatic nitrogens is 1. The molecule has 0 aliphatic rings. The molecule has 1 aromatic carbocycles. The van der Waals surface area contributed by atoms with Crippen molar-refractivity contribution in [2.24, 2.45) is 11.3 Å². The summed E-state index contributed by atoms with van der Waals surface area (Å²) in [6, 6.07) is 5.79. The Morgan fingerprint density at radius 1 is 1.48 bits per heavy atom. The number of hydrogen-bond donors (Lipinski definition) is 1. The molecule has 0 aliphatic carbocycles. The van der Waals surface area contributed by atoms with Crippen LogP contribution >= 0.6 is 11.3 Å². The molecule has 0 saturated carbocycles. The van der Waals surface area contributed by atoms with Gasteiger partial charge >= 0.3 is 5.97 Å². The van der Waals surface area contributed by atoms with Crippen LogP contribution in [-0.2, 0) is 11.2 Å². The second kappa shape index (κ2) is 6.02. The van der Waals surface area contributed by atoms with Gasteiger partial charge in [-0.3, -0.25) is 4.79 Å². The maximum absolute atomic E-state index is 11.6. The molecule has 2 aromatic rings. The minimum absolute atomic E-state index is 0.0426. The van der Waals surface area contributed by atoms with Gasteiger partial charge in [0.2, 0.25) is 0 Å². The van der Waals surface area contributed by atoms with Crippen LogP contribution in [-0.4, -0.2) is 22.7 Å². The SMILES string of the molecule is CCOc1ccc2nc(CC(C)(C(=O)O)C(C)C)sc2c1. The van der Waals surface area contributed by atoms with Crippen LogP contribution < -0.4 is 4.74 Å². The van der Waals surface area contributed by atoms with Crippen molar-refractivity contribution in [3.8, 4) is 5.75 Å². The van der Waals surface area contributed by atoms with E-state index in [1.54, 1.807) is 18.3 Å². The van der Waals surface area contributed by atoms with Gasteiger partial charge in [-0.1, -0.05) is 13.8 Å². The molecular formula is C16H21NO3S. The number of benzene rings is 1. The summed E-state index contributed by atoms with van der Waals surface area (Å²) in [4.78, 5) is 16.1. The topological polar surface area (TPSA) is 59.4 Å². The Morgan fingerprint density at radius 2 is 2.19 bits per heavy atom. The molecule has 1 atom stereocenters. The number of ether oxygens (including phenoxy) is 1. The van der Waals surface area contributed by atoms with Gasteiger partial charge in [0, 0.05) is 6.42 Å². The Balaban J connectivity index is 2.32. The first-order valence-corrected chi connectivity index (χ1v) is 7.94. The zero-order valence-electron chi connectivity index (χ0n) is 12.8. The standard InChI is InChI=1S/C16H21NO3S/c1-5-20-11-6-7-12-13(8-11)21-14(17-12)9-16(4,10(2)3)15(18)19/h6-8,10H,5,9H2,1-4H3,(H,18,19). The number of carbonyl (C=O) groups is 1. The Bertz CT molecular complexity index is 650. The van der Waals surface area contributed by atoms with Gasteiger partial charge in [0.1, 0.15) is 5.75 Å². The van der Waals surface area contributed by atoms with Crippen LogP contribution in [0.15, 0.2) is 18.2 Å². The smallest absolute Gasteiger partial charge is 0.310 e. The van der Waals surface area contributed by atoms with E-state index in [1.807, 2.05) is 39.0 Å². The van der Waals surface area contributed by atoms with E-state index in [-0.39, 0.29) is 5.92 Å². The van der Waals surface area contributed by atoms with E-state index < -0.39 is 11.4 Å². The first-order chi connectivity index (χ1) is 9.86. The van der Waals surface area contributed by atoms with Crippen LogP contribution in [0.4, 0.5) is 0 Å². The molecule has 1 unspecified atom stereocenters. The van der Waals surface area contributed by atoms with Gasteiger partial charge in [0.15, 0.2) is 0 Å². The Morgan fingerprint density at radius 3 is 2.76 bits per heavy atom. The van der Waals surface area contributed by atoms with Crippen molar-refractivity contribution in [1.29, 1.82) is 0 Å². The molecule has 1 heterocycles. The lowest BCUT2D eigenvalue weighted by molar-refractivity contribution is -0.150. The van der Waals surface area contributed by atoms with Crippen LogP contribution in [0.5, 0.6) is 5.75 Å². The third kappa shape index (κ3) is 3.18. The average Bonchev–Trinajstić information content (AvgIpc) is 2.79. The molecule has 4 nitrogen and oxygen atoms in total. The number of rotatable bonds is 6. The van der Waals surface area contributed by atoms with Gasteiger partial charge in [-0.05, 0) is 38.0 Å². The van der Waals surface area contributed by atoms with Gasteiger partial charge in [-0.2, -0.15) is 0 Å². The van der Waals surface area contributed by atoms with Crippen LogP contribution in [0, 0.1) is 11.3 Å². The zero-order valence-corrected chi connectivity index (χ0v) is 13.7. The lowest BCUT2D eigenvalue weighted by Crippen LogP contribution is -2.35. The van der Waals surface area contributed by atoms with Crippen molar-refractivity contribution in [3.05, 3.63) is 23.2 Å². The van der Waals surface area contributed by atoms with Gasteiger partial charge in [-0.15, -0.1) is 11.3 Å². The van der Waals surface area contributed by atoms with Crippen LogP contribution in [0.2, 0.25) is 0 Å². The fraction of sp³-hybridized carbons (Fsp3) is 0.500. The van der Waals surface area contributed by atoms with Gasteiger partial charge in [0.25, 0.3) is 0 Å². The van der Waals surface area contributed by atoms with Crippen molar-refractivity contribution in [1.82, 2.24) is 4.98 Å². The molecule has 0 bridgehead atoms. The summed E-state index contributed by atoms with van der Waals surface area (Å²) in [5, 5.41) is 10.4. The predicted octanol–water partition coefficient (Wildman–Crippen LogP) is 3.98. The predicted molar refractivity (Wildman–Crippen MR) is 85.1 cm³/mol. The molecule has 0 saturated heterocycles. The summed E-state index contributed by atoms with van der Waals surface area (Å²) in [6.07, 6.45) is 0.448. The minimum atomic E-state index is -0.795. The number of nitrogens with zero attached hydrogens (tertiary/aromatic N) is 1. The number of fused-ring (bicyclic) bond motifs is 1. The van der Waals surface area contributed by atoms with Crippen LogP contribution in [0.1, 0.15) is 32.7 Å². The largest absolute Gasteiger partial charge is 0.494 e. The highest BCUT2D eigenvalue weighted by molar-refractivity contribution is 7.18. The van der Waals surface area contributed by atoms with E-state index in [9.17, 15) is 9.90 Å². The summed E-state index contributed by atoms with van der Waals surface area (Å²) in [6.45, 7) is 8.24. The van der Waals surface area contributed by atoms with Crippen molar-refractivity contribution >= 4 is 27.5 Å². The molecule has 0 spiro atoms. The number of thiazole rings is 1. The second-order valence-corrected chi connectivity index (χ2v) is 6.84.